The minimum atomic E-state index is -0.239. The molecule has 27 heavy (non-hydrogen) atoms. The minimum Gasteiger partial charge on any atom is -0.357 e. The van der Waals surface area contributed by atoms with E-state index in [1.54, 1.807) is 0 Å². The topological polar surface area (TPSA) is 68.8 Å². The van der Waals surface area contributed by atoms with Gasteiger partial charge in [-0.05, 0) is 53.7 Å². The number of hydrogen-bond acceptors (Lipinski definition) is 3. The molecule has 152 valence electrons. The van der Waals surface area contributed by atoms with Gasteiger partial charge in [-0.15, -0.1) is 0 Å². The minimum absolute atomic E-state index is 0.0735. The first-order valence-corrected chi connectivity index (χ1v) is 9.78. The third kappa shape index (κ3) is 10.6. The highest BCUT2D eigenvalue weighted by atomic mass is 16.2. The molecule has 0 bridgehead atoms. The number of benzene rings is 1. The van der Waals surface area contributed by atoms with Crippen LogP contribution in [0.1, 0.15) is 46.6 Å². The van der Waals surface area contributed by atoms with E-state index >= 15 is 0 Å². The Morgan fingerprint density at radius 3 is 2.44 bits per heavy atom. The van der Waals surface area contributed by atoms with Gasteiger partial charge in [-0.3, -0.25) is 9.69 Å². The second-order valence-electron chi connectivity index (χ2n) is 7.96. The van der Waals surface area contributed by atoms with E-state index in [0.717, 1.165) is 26.1 Å². The number of carbonyl (C=O) groups excluding carboxylic acids is 1. The zero-order chi connectivity index (χ0) is 20.3. The molecule has 0 aromatic heterocycles. The monoisotopic (exact) mass is 375 g/mol. The Morgan fingerprint density at radius 1 is 1.19 bits per heavy atom. The van der Waals surface area contributed by atoms with Crippen LogP contribution in [0.25, 0.3) is 0 Å². The summed E-state index contributed by atoms with van der Waals surface area (Å²) in [4.78, 5) is 18.7. The molecule has 3 N–H and O–H groups in total. The van der Waals surface area contributed by atoms with Crippen LogP contribution in [-0.4, -0.2) is 55.0 Å². The van der Waals surface area contributed by atoms with Crippen LogP contribution < -0.4 is 16.0 Å². The third-order valence-electron chi connectivity index (χ3n) is 4.12. The van der Waals surface area contributed by atoms with E-state index in [1.807, 2.05) is 33.8 Å². The quantitative estimate of drug-likeness (QED) is 0.458. The Labute approximate surface area is 164 Å². The van der Waals surface area contributed by atoms with Crippen LogP contribution >= 0.6 is 0 Å². The molecule has 1 rings (SSSR count). The summed E-state index contributed by atoms with van der Waals surface area (Å²) < 4.78 is 0. The summed E-state index contributed by atoms with van der Waals surface area (Å²) in [7, 11) is 2.15. The molecular formula is C21H37N5O. The van der Waals surface area contributed by atoms with Crippen molar-refractivity contribution in [3.63, 3.8) is 0 Å². The average Bonchev–Trinajstić information content (AvgIpc) is 2.59. The van der Waals surface area contributed by atoms with Gasteiger partial charge in [-0.25, -0.2) is 4.99 Å². The first-order valence-electron chi connectivity index (χ1n) is 9.78. The lowest BCUT2D eigenvalue weighted by molar-refractivity contribution is -0.121. The lowest BCUT2D eigenvalue weighted by Crippen LogP contribution is -2.43. The van der Waals surface area contributed by atoms with Gasteiger partial charge in [0.05, 0.1) is 0 Å². The molecule has 6 nitrogen and oxygen atoms in total. The maximum absolute atomic E-state index is 11.9. The number of rotatable bonds is 9. The van der Waals surface area contributed by atoms with E-state index in [1.165, 1.54) is 5.56 Å². The van der Waals surface area contributed by atoms with Gasteiger partial charge in [-0.1, -0.05) is 30.3 Å². The van der Waals surface area contributed by atoms with Gasteiger partial charge in [0.15, 0.2) is 5.96 Å². The van der Waals surface area contributed by atoms with Crippen molar-refractivity contribution in [2.75, 3.05) is 26.7 Å². The van der Waals surface area contributed by atoms with Crippen LogP contribution in [0.4, 0.5) is 0 Å². The summed E-state index contributed by atoms with van der Waals surface area (Å²) in [6, 6.07) is 10.9. The molecule has 1 aromatic rings. The normalized spacial score (nSPS) is 13.4. The number of hydrogen-bond donors (Lipinski definition) is 3. The molecule has 0 saturated carbocycles. The van der Waals surface area contributed by atoms with Crippen molar-refractivity contribution in [3.8, 4) is 0 Å². The van der Waals surface area contributed by atoms with Gasteiger partial charge in [0.1, 0.15) is 6.54 Å². The Kier molecular flexibility index (Phi) is 9.86. The lowest BCUT2D eigenvalue weighted by Gasteiger charge is -2.25. The van der Waals surface area contributed by atoms with Crippen molar-refractivity contribution in [1.82, 2.24) is 20.9 Å². The highest BCUT2D eigenvalue weighted by Gasteiger charge is 2.13. The first-order chi connectivity index (χ1) is 12.7. The predicted molar refractivity (Wildman–Crippen MR) is 114 cm³/mol. The first kappa shape index (κ1) is 23.0. The molecule has 0 aliphatic heterocycles. The molecule has 0 spiro atoms. The van der Waals surface area contributed by atoms with E-state index in [9.17, 15) is 4.79 Å². The molecule has 0 fully saturated rings. The molecular weight excluding hydrogens is 338 g/mol. The Balaban J connectivity index is 2.42. The van der Waals surface area contributed by atoms with Crippen molar-refractivity contribution in [1.29, 1.82) is 0 Å². The van der Waals surface area contributed by atoms with Crippen LogP contribution in [0.2, 0.25) is 0 Å². The van der Waals surface area contributed by atoms with Gasteiger partial charge in [0.25, 0.3) is 0 Å². The third-order valence-corrected chi connectivity index (χ3v) is 4.12. The van der Waals surface area contributed by atoms with Crippen molar-refractivity contribution in [2.45, 2.75) is 59.2 Å². The molecule has 0 radical (unpaired) electrons. The summed E-state index contributed by atoms with van der Waals surface area (Å²) in [5.41, 5.74) is 1.08. The number of nitrogens with one attached hydrogen (secondary N) is 3. The number of amides is 1. The highest BCUT2D eigenvalue weighted by Crippen LogP contribution is 2.07. The van der Waals surface area contributed by atoms with E-state index in [2.05, 4.69) is 64.1 Å². The van der Waals surface area contributed by atoms with Crippen LogP contribution in [-0.2, 0) is 11.3 Å². The van der Waals surface area contributed by atoms with E-state index in [4.69, 9.17) is 0 Å². The SMILES string of the molecule is CCNC(=NCC(=O)NC(C)(C)C)NCCC(C)N(C)Cc1ccccc1. The van der Waals surface area contributed by atoms with Crippen LogP contribution in [0.5, 0.6) is 0 Å². The van der Waals surface area contributed by atoms with Gasteiger partial charge >= 0.3 is 0 Å². The van der Waals surface area contributed by atoms with Crippen molar-refractivity contribution in [3.05, 3.63) is 35.9 Å². The molecule has 0 heterocycles. The van der Waals surface area contributed by atoms with Crippen LogP contribution in [0.15, 0.2) is 35.3 Å². The fraction of sp³-hybridized carbons (Fsp3) is 0.619. The van der Waals surface area contributed by atoms with Gasteiger partial charge < -0.3 is 16.0 Å². The fourth-order valence-electron chi connectivity index (χ4n) is 2.60. The largest absolute Gasteiger partial charge is 0.357 e. The van der Waals surface area contributed by atoms with Crippen LogP contribution in [0.3, 0.4) is 0 Å². The number of guanidine groups is 1. The molecule has 0 saturated heterocycles. The van der Waals surface area contributed by atoms with Gasteiger partial charge in [0, 0.05) is 31.2 Å². The van der Waals surface area contributed by atoms with Crippen LogP contribution in [0, 0.1) is 0 Å². The predicted octanol–water partition coefficient (Wildman–Crippen LogP) is 2.37. The smallest absolute Gasteiger partial charge is 0.242 e. The molecule has 1 amide bonds. The summed E-state index contributed by atoms with van der Waals surface area (Å²) in [5.74, 6) is 0.607. The van der Waals surface area contributed by atoms with Crippen molar-refractivity contribution < 1.29 is 4.79 Å². The summed E-state index contributed by atoms with van der Waals surface area (Å²) in [6.45, 7) is 12.7. The van der Waals surface area contributed by atoms with E-state index < -0.39 is 0 Å². The maximum Gasteiger partial charge on any atom is 0.242 e. The summed E-state index contributed by atoms with van der Waals surface area (Å²) >= 11 is 0. The molecule has 0 aliphatic rings. The zero-order valence-corrected chi connectivity index (χ0v) is 17.8. The molecule has 0 aliphatic carbocycles. The molecule has 6 heteroatoms. The molecule has 1 unspecified atom stereocenters. The van der Waals surface area contributed by atoms with Crippen molar-refractivity contribution >= 4 is 11.9 Å². The number of nitrogens with zero attached hydrogens (tertiary/aromatic N) is 2. The average molecular weight is 376 g/mol. The van der Waals surface area contributed by atoms with Crippen molar-refractivity contribution in [2.24, 2.45) is 4.99 Å². The highest BCUT2D eigenvalue weighted by molar-refractivity contribution is 5.85. The molecule has 1 aromatic carbocycles. The summed E-state index contributed by atoms with van der Waals surface area (Å²) in [5, 5.41) is 9.43. The van der Waals surface area contributed by atoms with E-state index in [0.29, 0.717) is 12.0 Å². The number of aliphatic imine (C=N–C) groups is 1. The second-order valence-corrected chi connectivity index (χ2v) is 7.96. The van der Waals surface area contributed by atoms with Gasteiger partial charge in [-0.2, -0.15) is 0 Å². The second kappa shape index (κ2) is 11.6. The summed E-state index contributed by atoms with van der Waals surface area (Å²) in [6.07, 6.45) is 0.988. The Bertz CT molecular complexity index is 580. The van der Waals surface area contributed by atoms with Gasteiger partial charge in [0.2, 0.25) is 5.91 Å². The standard InChI is InChI=1S/C21H37N5O/c1-7-22-20(24-15-19(27)25-21(3,4)5)23-14-13-17(2)26(6)16-18-11-9-8-10-12-18/h8-12,17H,7,13-16H2,1-6H3,(H,25,27)(H2,22,23,24). The lowest BCUT2D eigenvalue weighted by atomic mass is 10.1. The molecule has 1 atom stereocenters. The Hall–Kier alpha value is -2.08. The van der Waals surface area contributed by atoms with E-state index in [-0.39, 0.29) is 18.0 Å². The number of carbonyl (C=O) groups is 1. The fourth-order valence-corrected chi connectivity index (χ4v) is 2.60. The zero-order valence-electron chi connectivity index (χ0n) is 17.8. The Morgan fingerprint density at radius 2 is 1.85 bits per heavy atom. The maximum atomic E-state index is 11.9.